The van der Waals surface area contributed by atoms with Gasteiger partial charge in [0.25, 0.3) is 0 Å². The summed E-state index contributed by atoms with van der Waals surface area (Å²) in [6, 6.07) is 6.11. The molecule has 0 spiro atoms. The fourth-order valence-electron chi connectivity index (χ4n) is 3.31. The van der Waals surface area contributed by atoms with Crippen molar-refractivity contribution < 1.29 is 23.7 Å². The lowest BCUT2D eigenvalue weighted by molar-refractivity contribution is -0.196. The highest BCUT2D eigenvalue weighted by molar-refractivity contribution is 5.23. The van der Waals surface area contributed by atoms with Crippen molar-refractivity contribution in [1.82, 2.24) is 14.8 Å². The van der Waals surface area contributed by atoms with Crippen LogP contribution in [-0.4, -0.2) is 52.6 Å². The third kappa shape index (κ3) is 5.03. The number of rotatable bonds is 9. The van der Waals surface area contributed by atoms with Crippen LogP contribution >= 0.6 is 0 Å². The van der Waals surface area contributed by atoms with Crippen molar-refractivity contribution in [1.29, 1.82) is 0 Å². The van der Waals surface area contributed by atoms with E-state index in [1.165, 1.54) is 12.4 Å². The number of halogens is 1. The van der Waals surface area contributed by atoms with Crippen molar-refractivity contribution in [2.45, 2.75) is 38.3 Å². The van der Waals surface area contributed by atoms with Gasteiger partial charge in [0.1, 0.15) is 19.4 Å². The predicted octanol–water partition coefficient (Wildman–Crippen LogP) is 2.58. The van der Waals surface area contributed by atoms with Crippen LogP contribution in [0.2, 0.25) is 0 Å². The van der Waals surface area contributed by atoms with E-state index in [9.17, 15) is 9.50 Å². The Bertz CT molecular complexity index is 692. The largest absolute Gasteiger partial charge is 0.491 e. The lowest BCUT2D eigenvalue weighted by atomic mass is 9.80. The molecule has 1 N–H and O–H groups in total. The Morgan fingerprint density at radius 1 is 1.30 bits per heavy atom. The number of aliphatic hydroxyl groups is 1. The van der Waals surface area contributed by atoms with Gasteiger partial charge in [0.2, 0.25) is 0 Å². The Labute approximate surface area is 158 Å². The number of para-hydroxylation sites is 1. The highest BCUT2D eigenvalue weighted by Crippen LogP contribution is 2.34. The highest BCUT2D eigenvalue weighted by atomic mass is 19.1. The molecular weight excluding hydrogens is 353 g/mol. The van der Waals surface area contributed by atoms with Gasteiger partial charge in [0, 0.05) is 5.41 Å². The average molecular weight is 379 g/mol. The maximum absolute atomic E-state index is 13.6. The van der Waals surface area contributed by atoms with Crippen LogP contribution in [0.1, 0.15) is 32.2 Å². The van der Waals surface area contributed by atoms with Crippen LogP contribution in [0.15, 0.2) is 36.9 Å². The fourth-order valence-corrected chi connectivity index (χ4v) is 3.31. The summed E-state index contributed by atoms with van der Waals surface area (Å²) in [4.78, 5) is 4.00. The monoisotopic (exact) mass is 379 g/mol. The van der Waals surface area contributed by atoms with Crippen LogP contribution in [0, 0.1) is 11.2 Å². The number of hydrogen-bond donors (Lipinski definition) is 1. The second-order valence-electron chi connectivity index (χ2n) is 7.13. The maximum Gasteiger partial charge on any atom is 0.165 e. The van der Waals surface area contributed by atoms with E-state index >= 15 is 0 Å². The second-order valence-corrected chi connectivity index (χ2v) is 7.13. The minimum Gasteiger partial charge on any atom is -0.491 e. The van der Waals surface area contributed by atoms with Crippen molar-refractivity contribution in [3.8, 4) is 5.75 Å². The van der Waals surface area contributed by atoms with Gasteiger partial charge in [-0.05, 0) is 31.4 Å². The Morgan fingerprint density at radius 3 is 2.78 bits per heavy atom. The number of aromatic nitrogens is 3. The average Bonchev–Trinajstić information content (AvgIpc) is 3.20. The first-order chi connectivity index (χ1) is 13.1. The zero-order valence-corrected chi connectivity index (χ0v) is 15.5. The second kappa shape index (κ2) is 9.25. The van der Waals surface area contributed by atoms with E-state index in [4.69, 9.17) is 14.2 Å². The quantitative estimate of drug-likeness (QED) is 0.675. The molecule has 27 heavy (non-hydrogen) atoms. The SMILES string of the molecule is CC1([C@@H](O)[C@@H](CCCCOc2ccccc2F)n2cncn2)COCOC1. The molecule has 0 bridgehead atoms. The predicted molar refractivity (Wildman–Crippen MR) is 95.7 cm³/mol. The molecule has 2 aromatic rings. The van der Waals surface area contributed by atoms with E-state index in [-0.39, 0.29) is 24.4 Å². The lowest BCUT2D eigenvalue weighted by Gasteiger charge is -2.40. The summed E-state index contributed by atoms with van der Waals surface area (Å²) in [7, 11) is 0. The van der Waals surface area contributed by atoms with Gasteiger partial charge in [-0.1, -0.05) is 19.1 Å². The molecule has 1 aliphatic rings. The van der Waals surface area contributed by atoms with Crippen molar-refractivity contribution in [3.05, 3.63) is 42.7 Å². The summed E-state index contributed by atoms with van der Waals surface area (Å²) < 4.78 is 31.5. The minimum absolute atomic E-state index is 0.253. The molecule has 1 aromatic heterocycles. The van der Waals surface area contributed by atoms with Crippen LogP contribution in [0.3, 0.4) is 0 Å². The molecule has 7 nitrogen and oxygen atoms in total. The van der Waals surface area contributed by atoms with Crippen LogP contribution < -0.4 is 4.74 Å². The number of ether oxygens (including phenoxy) is 3. The molecule has 0 saturated carbocycles. The van der Waals surface area contributed by atoms with Crippen molar-refractivity contribution in [2.24, 2.45) is 5.41 Å². The molecule has 3 rings (SSSR count). The Hall–Kier alpha value is -2.03. The fraction of sp³-hybridized carbons (Fsp3) is 0.579. The molecule has 2 heterocycles. The Morgan fingerprint density at radius 2 is 2.07 bits per heavy atom. The Balaban J connectivity index is 1.54. The summed E-state index contributed by atoms with van der Waals surface area (Å²) in [5.41, 5.74) is -0.515. The Kier molecular flexibility index (Phi) is 6.76. The number of hydrogen-bond acceptors (Lipinski definition) is 6. The molecule has 0 aliphatic carbocycles. The molecule has 8 heteroatoms. The zero-order valence-electron chi connectivity index (χ0n) is 15.5. The van der Waals surface area contributed by atoms with Gasteiger partial charge in [0.05, 0.1) is 32.0 Å². The smallest absolute Gasteiger partial charge is 0.165 e. The van der Waals surface area contributed by atoms with E-state index in [0.717, 1.165) is 12.8 Å². The molecule has 148 valence electrons. The molecule has 0 unspecified atom stereocenters. The van der Waals surface area contributed by atoms with E-state index in [2.05, 4.69) is 10.1 Å². The molecule has 1 aliphatic heterocycles. The maximum atomic E-state index is 13.6. The van der Waals surface area contributed by atoms with Crippen molar-refractivity contribution in [3.63, 3.8) is 0 Å². The van der Waals surface area contributed by atoms with Gasteiger partial charge < -0.3 is 19.3 Å². The van der Waals surface area contributed by atoms with E-state index in [1.807, 2.05) is 6.92 Å². The summed E-state index contributed by atoms with van der Waals surface area (Å²) in [6.45, 7) is 3.46. The summed E-state index contributed by atoms with van der Waals surface area (Å²) >= 11 is 0. The normalized spacial score (nSPS) is 18.8. The van der Waals surface area contributed by atoms with E-state index in [1.54, 1.807) is 29.2 Å². The lowest BCUT2D eigenvalue weighted by Crippen LogP contribution is -2.48. The van der Waals surface area contributed by atoms with Crippen LogP contribution in [-0.2, 0) is 9.47 Å². The molecule has 0 amide bonds. The van der Waals surface area contributed by atoms with Crippen molar-refractivity contribution in [2.75, 3.05) is 26.6 Å². The summed E-state index contributed by atoms with van der Waals surface area (Å²) in [5, 5.41) is 15.2. The van der Waals surface area contributed by atoms with E-state index in [0.29, 0.717) is 26.2 Å². The number of unbranched alkanes of at least 4 members (excludes halogenated alkanes) is 1. The molecule has 0 radical (unpaired) electrons. The first-order valence-corrected chi connectivity index (χ1v) is 9.15. The molecule has 1 aromatic carbocycles. The summed E-state index contributed by atoms with van der Waals surface area (Å²) in [5.74, 6) is -0.104. The minimum atomic E-state index is -0.702. The third-order valence-corrected chi connectivity index (χ3v) is 4.87. The molecule has 1 fully saturated rings. The van der Waals surface area contributed by atoms with Crippen molar-refractivity contribution >= 4 is 0 Å². The van der Waals surface area contributed by atoms with Crippen LogP contribution in [0.4, 0.5) is 4.39 Å². The third-order valence-electron chi connectivity index (χ3n) is 4.87. The first-order valence-electron chi connectivity index (χ1n) is 9.15. The van der Waals surface area contributed by atoms with E-state index < -0.39 is 11.5 Å². The molecular formula is C19H26FN3O4. The standard InChI is InChI=1S/C19H26FN3O4/c1-19(10-25-14-26-11-19)18(24)16(23-13-21-12-22-23)7-4-5-9-27-17-8-3-2-6-15(17)20/h2-3,6,8,12-13,16,18,24H,4-5,7,9-11,14H2,1H3/t16-,18+/m1/s1. The van der Waals surface area contributed by atoms with Gasteiger partial charge in [-0.3, -0.25) is 0 Å². The highest BCUT2D eigenvalue weighted by Gasteiger charge is 2.41. The first kappa shape index (κ1) is 19.7. The van der Waals surface area contributed by atoms with Crippen LogP contribution in [0.25, 0.3) is 0 Å². The zero-order chi connectivity index (χ0) is 19.1. The molecule has 1 saturated heterocycles. The van der Waals surface area contributed by atoms with Gasteiger partial charge in [-0.2, -0.15) is 5.10 Å². The van der Waals surface area contributed by atoms with Gasteiger partial charge in [-0.25, -0.2) is 14.1 Å². The molecule has 2 atom stereocenters. The number of benzene rings is 1. The van der Waals surface area contributed by atoms with Gasteiger partial charge in [-0.15, -0.1) is 0 Å². The number of nitrogens with zero attached hydrogens (tertiary/aromatic N) is 3. The summed E-state index contributed by atoms with van der Waals surface area (Å²) in [6.07, 6.45) is 4.56. The van der Waals surface area contributed by atoms with Gasteiger partial charge in [0.15, 0.2) is 11.6 Å². The topological polar surface area (TPSA) is 78.6 Å². The number of aliphatic hydroxyl groups excluding tert-OH is 1. The van der Waals surface area contributed by atoms with Gasteiger partial charge >= 0.3 is 0 Å². The van der Waals surface area contributed by atoms with Crippen LogP contribution in [0.5, 0.6) is 5.75 Å².